The first-order valence-corrected chi connectivity index (χ1v) is 14.5. The Morgan fingerprint density at radius 2 is 1.44 bits per heavy atom. The molecule has 1 atom stereocenters. The number of carboxylic acids is 1. The predicted octanol–water partition coefficient (Wildman–Crippen LogP) is 2.38. The highest BCUT2D eigenvalue weighted by Crippen LogP contribution is 2.44. The highest BCUT2D eigenvalue weighted by Gasteiger charge is 2.29. The Hall–Kier alpha value is -5.43. The van der Waals surface area contributed by atoms with Crippen molar-refractivity contribution < 1.29 is 33.8 Å². The van der Waals surface area contributed by atoms with E-state index in [-0.39, 0.29) is 44.3 Å². The number of urea groups is 1. The van der Waals surface area contributed by atoms with E-state index in [4.69, 9.17) is 15.6 Å². The van der Waals surface area contributed by atoms with Crippen molar-refractivity contribution in [3.8, 4) is 11.1 Å². The Bertz CT molecular complexity index is 1480. The second kappa shape index (κ2) is 15.9. The van der Waals surface area contributed by atoms with Crippen LogP contribution in [0.2, 0.25) is 0 Å². The second-order valence-corrected chi connectivity index (χ2v) is 10.3. The molecule has 3 aromatic carbocycles. The second-order valence-electron chi connectivity index (χ2n) is 10.3. The van der Waals surface area contributed by atoms with E-state index in [1.165, 1.54) is 24.3 Å². The first-order valence-electron chi connectivity index (χ1n) is 14.5. The third kappa shape index (κ3) is 9.28. The van der Waals surface area contributed by atoms with Gasteiger partial charge < -0.3 is 42.2 Å². The molecule has 0 spiro atoms. The van der Waals surface area contributed by atoms with Gasteiger partial charge in [-0.05, 0) is 59.4 Å². The van der Waals surface area contributed by atoms with Crippen molar-refractivity contribution in [2.75, 3.05) is 38.1 Å². The van der Waals surface area contributed by atoms with E-state index in [0.717, 1.165) is 22.3 Å². The largest absolute Gasteiger partial charge is 0.478 e. The zero-order valence-corrected chi connectivity index (χ0v) is 24.5. The summed E-state index contributed by atoms with van der Waals surface area (Å²) in [7, 11) is 0. The van der Waals surface area contributed by atoms with Gasteiger partial charge in [0.1, 0.15) is 6.61 Å². The molecule has 1 unspecified atom stereocenters. The summed E-state index contributed by atoms with van der Waals surface area (Å²) in [4.78, 5) is 59.7. The topological polar surface area (TPSA) is 201 Å². The molecule has 8 N–H and O–H groups in total. The molecule has 0 radical (unpaired) electrons. The molecule has 5 amide bonds. The van der Waals surface area contributed by atoms with E-state index in [2.05, 4.69) is 38.7 Å². The number of nitrogens with one attached hydrogen (secondary N) is 5. The maximum absolute atomic E-state index is 12.9. The monoisotopic (exact) mass is 616 g/mol. The number of hydrogen-bond donors (Lipinski definition) is 7. The van der Waals surface area contributed by atoms with Crippen molar-refractivity contribution in [1.82, 2.24) is 21.3 Å². The molecule has 0 aromatic heterocycles. The number of carbonyl (C=O) groups excluding carboxylic acids is 4. The number of nitrogens with two attached hydrogens (primary N) is 1. The lowest BCUT2D eigenvalue weighted by atomic mass is 9.98. The lowest BCUT2D eigenvalue weighted by Crippen LogP contribution is -2.48. The molecule has 1 aliphatic carbocycles. The molecule has 13 nitrogen and oxygen atoms in total. The standard InChI is InChI=1S/C32H36N6O7/c33-31(43)35-15-5-10-27(29(40)37-18-28(39)38-21-13-11-20(12-14-21)30(41)42)34-16-17-36-32(44)45-19-26-24-8-3-1-6-22(24)23-7-2-4-9-25(23)26/h1-4,6-9,11-14,26-27,34H,5,10,15-19H2,(H,36,44)(H,37,40)(H,38,39)(H,41,42)(H3,33,35,43). The first kappa shape index (κ1) is 32.5. The minimum absolute atomic E-state index is 0.0651. The van der Waals surface area contributed by atoms with Crippen molar-refractivity contribution in [2.24, 2.45) is 5.73 Å². The predicted molar refractivity (Wildman–Crippen MR) is 167 cm³/mol. The molecule has 45 heavy (non-hydrogen) atoms. The fourth-order valence-corrected chi connectivity index (χ4v) is 5.10. The summed E-state index contributed by atoms with van der Waals surface area (Å²) in [6, 6.07) is 20.3. The van der Waals surface area contributed by atoms with Gasteiger partial charge in [0, 0.05) is 31.2 Å². The number of hydrogen-bond acceptors (Lipinski definition) is 7. The molecular formula is C32H36N6O7. The fraction of sp³-hybridized carbons (Fsp3) is 0.281. The maximum Gasteiger partial charge on any atom is 0.407 e. The van der Waals surface area contributed by atoms with Crippen LogP contribution in [0.1, 0.15) is 40.2 Å². The van der Waals surface area contributed by atoms with Gasteiger partial charge in [-0.2, -0.15) is 0 Å². The number of rotatable bonds is 15. The number of carboxylic acid groups (broad SMARTS) is 1. The van der Waals surface area contributed by atoms with E-state index in [0.29, 0.717) is 18.5 Å². The van der Waals surface area contributed by atoms with Crippen LogP contribution in [0.5, 0.6) is 0 Å². The van der Waals surface area contributed by atoms with Crippen molar-refractivity contribution in [3.63, 3.8) is 0 Å². The van der Waals surface area contributed by atoms with Gasteiger partial charge in [0.2, 0.25) is 11.8 Å². The number of benzene rings is 3. The molecule has 0 bridgehead atoms. The number of primary amides is 1. The van der Waals surface area contributed by atoms with Crippen LogP contribution in [0.3, 0.4) is 0 Å². The van der Waals surface area contributed by atoms with Gasteiger partial charge in [-0.1, -0.05) is 48.5 Å². The van der Waals surface area contributed by atoms with Crippen LogP contribution in [0.4, 0.5) is 15.3 Å². The lowest BCUT2D eigenvalue weighted by molar-refractivity contribution is -0.125. The summed E-state index contributed by atoms with van der Waals surface area (Å²) in [5.74, 6) is -2.10. The normalized spacial score (nSPS) is 12.3. The molecule has 0 saturated carbocycles. The summed E-state index contributed by atoms with van der Waals surface area (Å²) in [6.45, 7) is 0.512. The van der Waals surface area contributed by atoms with Gasteiger partial charge in [0.05, 0.1) is 18.2 Å². The van der Waals surface area contributed by atoms with Crippen LogP contribution < -0.4 is 32.3 Å². The number of ether oxygens (including phenoxy) is 1. The van der Waals surface area contributed by atoms with Crippen molar-refractivity contribution >= 4 is 35.6 Å². The highest BCUT2D eigenvalue weighted by molar-refractivity contribution is 5.96. The smallest absolute Gasteiger partial charge is 0.407 e. The molecule has 13 heteroatoms. The molecule has 236 valence electrons. The average molecular weight is 617 g/mol. The molecule has 3 aromatic rings. The van der Waals surface area contributed by atoms with Crippen LogP contribution in [0.15, 0.2) is 72.8 Å². The number of fused-ring (bicyclic) bond motifs is 3. The minimum Gasteiger partial charge on any atom is -0.478 e. The Morgan fingerprint density at radius 3 is 2.07 bits per heavy atom. The molecule has 0 aliphatic heterocycles. The molecule has 0 heterocycles. The van der Waals surface area contributed by atoms with Crippen LogP contribution in [-0.4, -0.2) is 73.8 Å². The van der Waals surface area contributed by atoms with Gasteiger partial charge in [0.25, 0.3) is 0 Å². The molecule has 4 rings (SSSR count). The van der Waals surface area contributed by atoms with E-state index in [1.807, 2.05) is 36.4 Å². The third-order valence-corrected chi connectivity index (χ3v) is 7.25. The number of anilines is 1. The van der Waals surface area contributed by atoms with Crippen LogP contribution in [-0.2, 0) is 14.3 Å². The lowest BCUT2D eigenvalue weighted by Gasteiger charge is -2.19. The van der Waals surface area contributed by atoms with Crippen molar-refractivity contribution in [3.05, 3.63) is 89.5 Å². The summed E-state index contributed by atoms with van der Waals surface area (Å²) < 4.78 is 5.55. The summed E-state index contributed by atoms with van der Waals surface area (Å²) in [6.07, 6.45) is 0.157. The summed E-state index contributed by atoms with van der Waals surface area (Å²) in [5, 5.41) is 22.4. The Morgan fingerprint density at radius 1 is 0.800 bits per heavy atom. The third-order valence-electron chi connectivity index (χ3n) is 7.25. The fourth-order valence-electron chi connectivity index (χ4n) is 5.10. The molecular weight excluding hydrogens is 580 g/mol. The van der Waals surface area contributed by atoms with E-state index in [9.17, 15) is 24.0 Å². The van der Waals surface area contributed by atoms with Gasteiger partial charge >= 0.3 is 18.1 Å². The first-order chi connectivity index (χ1) is 21.7. The van der Waals surface area contributed by atoms with Gasteiger partial charge in [-0.15, -0.1) is 0 Å². The van der Waals surface area contributed by atoms with Crippen molar-refractivity contribution in [2.45, 2.75) is 24.8 Å². The zero-order valence-electron chi connectivity index (χ0n) is 24.5. The quantitative estimate of drug-likeness (QED) is 0.126. The van der Waals surface area contributed by atoms with Gasteiger partial charge in [-0.25, -0.2) is 14.4 Å². The molecule has 1 aliphatic rings. The van der Waals surface area contributed by atoms with Crippen LogP contribution in [0.25, 0.3) is 11.1 Å². The highest BCUT2D eigenvalue weighted by atomic mass is 16.5. The van der Waals surface area contributed by atoms with Gasteiger partial charge in [-0.3, -0.25) is 9.59 Å². The molecule has 0 fully saturated rings. The minimum atomic E-state index is -1.09. The van der Waals surface area contributed by atoms with Gasteiger partial charge in [0.15, 0.2) is 0 Å². The number of alkyl carbamates (subject to hydrolysis) is 1. The van der Waals surface area contributed by atoms with Crippen LogP contribution >= 0.6 is 0 Å². The zero-order chi connectivity index (χ0) is 32.2. The Balaban J connectivity index is 1.22. The maximum atomic E-state index is 12.9. The number of amides is 5. The number of carbonyl (C=O) groups is 5. The Kier molecular flexibility index (Phi) is 11.5. The van der Waals surface area contributed by atoms with E-state index < -0.39 is 35.9 Å². The summed E-state index contributed by atoms with van der Waals surface area (Å²) in [5.41, 5.74) is 10.0. The van der Waals surface area contributed by atoms with Crippen LogP contribution in [0, 0.1) is 0 Å². The van der Waals surface area contributed by atoms with Crippen molar-refractivity contribution in [1.29, 1.82) is 0 Å². The molecule has 0 saturated heterocycles. The number of aromatic carboxylic acids is 1. The average Bonchev–Trinajstić information content (AvgIpc) is 3.35. The summed E-state index contributed by atoms with van der Waals surface area (Å²) >= 11 is 0. The SMILES string of the molecule is NC(=O)NCCCC(NCCNC(=O)OCC1c2ccccc2-c2ccccc21)C(=O)NCC(=O)Nc1ccc(C(=O)O)cc1. The van der Waals surface area contributed by atoms with E-state index in [1.54, 1.807) is 0 Å². The Labute approximate surface area is 259 Å². The van der Waals surface area contributed by atoms with E-state index >= 15 is 0 Å².